The lowest BCUT2D eigenvalue weighted by atomic mass is 10.1. The van der Waals surface area contributed by atoms with E-state index < -0.39 is 0 Å². The summed E-state index contributed by atoms with van der Waals surface area (Å²) in [6, 6.07) is 17.2. The summed E-state index contributed by atoms with van der Waals surface area (Å²) >= 11 is 0. The minimum absolute atomic E-state index is 0.200. The highest BCUT2D eigenvalue weighted by Crippen LogP contribution is 2.27. The number of carbonyl (C=O) groups is 1. The van der Waals surface area contributed by atoms with Gasteiger partial charge in [-0.15, -0.1) is 0 Å². The molecule has 26 heavy (non-hydrogen) atoms. The molecule has 0 bridgehead atoms. The predicted octanol–water partition coefficient (Wildman–Crippen LogP) is 2.71. The molecule has 2 aromatic carbocycles. The van der Waals surface area contributed by atoms with Crippen molar-refractivity contribution in [1.29, 1.82) is 0 Å². The smallest absolute Gasteiger partial charge is 0.252 e. The maximum atomic E-state index is 12.5. The highest BCUT2D eigenvalue weighted by atomic mass is 16.2. The lowest BCUT2D eigenvalue weighted by Crippen LogP contribution is -2.30. The van der Waals surface area contributed by atoms with Gasteiger partial charge >= 0.3 is 0 Å². The number of nitrogens with zero attached hydrogens (tertiary/aromatic N) is 1. The van der Waals surface area contributed by atoms with Crippen LogP contribution in [0.1, 0.15) is 22.3 Å². The lowest BCUT2D eigenvalue weighted by Gasteiger charge is -2.19. The third-order valence-corrected chi connectivity index (χ3v) is 4.87. The first-order chi connectivity index (χ1) is 12.7. The van der Waals surface area contributed by atoms with Crippen LogP contribution in [0.25, 0.3) is 10.9 Å². The lowest BCUT2D eigenvalue weighted by molar-refractivity contribution is 0.0955. The van der Waals surface area contributed by atoms with E-state index in [2.05, 4.69) is 39.5 Å². The van der Waals surface area contributed by atoms with E-state index in [0.29, 0.717) is 17.6 Å². The average Bonchev–Trinajstić information content (AvgIpc) is 3.07. The summed E-state index contributed by atoms with van der Waals surface area (Å²) in [4.78, 5) is 29.4. The number of hydrogen-bond acceptors (Lipinski definition) is 3. The van der Waals surface area contributed by atoms with Crippen LogP contribution >= 0.6 is 0 Å². The third kappa shape index (κ3) is 3.20. The van der Waals surface area contributed by atoms with E-state index >= 15 is 0 Å². The van der Waals surface area contributed by atoms with Gasteiger partial charge in [0.15, 0.2) is 0 Å². The summed E-state index contributed by atoms with van der Waals surface area (Å²) in [5.74, 6) is -0.200. The topological polar surface area (TPSA) is 65.2 Å². The van der Waals surface area contributed by atoms with Crippen molar-refractivity contribution in [2.24, 2.45) is 0 Å². The van der Waals surface area contributed by atoms with Crippen LogP contribution in [0.3, 0.4) is 0 Å². The minimum atomic E-state index is -0.262. The maximum absolute atomic E-state index is 12.5. The van der Waals surface area contributed by atoms with Crippen LogP contribution in [-0.4, -0.2) is 30.5 Å². The van der Waals surface area contributed by atoms with Crippen molar-refractivity contribution >= 4 is 22.5 Å². The van der Waals surface area contributed by atoms with Gasteiger partial charge in [-0.1, -0.05) is 36.4 Å². The third-order valence-electron chi connectivity index (χ3n) is 4.87. The first-order valence-electron chi connectivity index (χ1n) is 8.95. The number of rotatable bonds is 5. The Morgan fingerprint density at radius 3 is 2.85 bits per heavy atom. The number of anilines is 1. The van der Waals surface area contributed by atoms with Crippen LogP contribution in [0.4, 0.5) is 5.69 Å². The average molecular weight is 347 g/mol. The maximum Gasteiger partial charge on any atom is 0.252 e. The molecule has 132 valence electrons. The quantitative estimate of drug-likeness (QED) is 0.698. The first-order valence-corrected chi connectivity index (χ1v) is 8.95. The normalized spacial score (nSPS) is 13.0. The number of carbonyl (C=O) groups excluding carboxylic acids is 1. The fourth-order valence-electron chi connectivity index (χ4n) is 3.60. The van der Waals surface area contributed by atoms with Gasteiger partial charge in [-0.2, -0.15) is 0 Å². The molecule has 1 amide bonds. The van der Waals surface area contributed by atoms with Crippen molar-refractivity contribution in [1.82, 2.24) is 10.3 Å². The molecule has 0 saturated carbocycles. The Labute approximate surface area is 151 Å². The van der Waals surface area contributed by atoms with Gasteiger partial charge in [0.25, 0.3) is 5.91 Å². The molecule has 1 aliphatic heterocycles. The van der Waals surface area contributed by atoms with E-state index in [-0.39, 0.29) is 11.5 Å². The molecule has 3 aromatic rings. The van der Waals surface area contributed by atoms with E-state index in [0.717, 1.165) is 31.3 Å². The highest BCUT2D eigenvalue weighted by molar-refractivity contribution is 6.05. The summed E-state index contributed by atoms with van der Waals surface area (Å²) in [6.07, 6.45) is 1.95. The van der Waals surface area contributed by atoms with E-state index in [1.165, 1.54) is 17.3 Å². The number of hydrogen-bond donors (Lipinski definition) is 2. The highest BCUT2D eigenvalue weighted by Gasteiger charge is 2.17. The number of para-hydroxylation sites is 2. The number of aromatic nitrogens is 1. The Morgan fingerprint density at radius 1 is 1.12 bits per heavy atom. The number of amides is 1. The van der Waals surface area contributed by atoms with Crippen molar-refractivity contribution in [3.8, 4) is 0 Å². The van der Waals surface area contributed by atoms with Crippen molar-refractivity contribution < 1.29 is 4.79 Å². The van der Waals surface area contributed by atoms with Gasteiger partial charge in [-0.25, -0.2) is 0 Å². The van der Waals surface area contributed by atoms with E-state index in [1.54, 1.807) is 6.07 Å². The van der Waals surface area contributed by atoms with Gasteiger partial charge in [-0.05, 0) is 30.5 Å². The summed E-state index contributed by atoms with van der Waals surface area (Å²) in [5.41, 5.74) is 3.54. The zero-order chi connectivity index (χ0) is 17.9. The fourth-order valence-corrected chi connectivity index (χ4v) is 3.60. The van der Waals surface area contributed by atoms with E-state index in [1.807, 2.05) is 18.2 Å². The SMILES string of the molecule is O=C(NCCCN1CCc2ccccc21)c1cc(=O)[nH]c2ccccc12. The second-order valence-electron chi connectivity index (χ2n) is 6.57. The van der Waals surface area contributed by atoms with Crippen LogP contribution in [0.5, 0.6) is 0 Å². The zero-order valence-electron chi connectivity index (χ0n) is 14.5. The van der Waals surface area contributed by atoms with Crippen LogP contribution < -0.4 is 15.8 Å². The molecule has 5 nitrogen and oxygen atoms in total. The van der Waals surface area contributed by atoms with Crippen molar-refractivity contribution in [2.45, 2.75) is 12.8 Å². The van der Waals surface area contributed by atoms with Crippen LogP contribution in [0.15, 0.2) is 59.4 Å². The second kappa shape index (κ2) is 7.04. The Kier molecular flexibility index (Phi) is 4.44. The van der Waals surface area contributed by atoms with Gasteiger partial charge in [0.05, 0.1) is 5.56 Å². The predicted molar refractivity (Wildman–Crippen MR) is 104 cm³/mol. The largest absolute Gasteiger partial charge is 0.371 e. The minimum Gasteiger partial charge on any atom is -0.371 e. The first kappa shape index (κ1) is 16.4. The van der Waals surface area contributed by atoms with Gasteiger partial charge in [0.1, 0.15) is 0 Å². The second-order valence-corrected chi connectivity index (χ2v) is 6.57. The van der Waals surface area contributed by atoms with Crippen molar-refractivity contribution in [2.75, 3.05) is 24.5 Å². The van der Waals surface area contributed by atoms with E-state index in [9.17, 15) is 9.59 Å². The number of H-pyrrole nitrogens is 1. The van der Waals surface area contributed by atoms with Crippen LogP contribution in [-0.2, 0) is 6.42 Å². The van der Waals surface area contributed by atoms with Gasteiger partial charge in [0.2, 0.25) is 5.56 Å². The molecule has 0 radical (unpaired) electrons. The fraction of sp³-hybridized carbons (Fsp3) is 0.238. The summed E-state index contributed by atoms with van der Waals surface area (Å²) in [5, 5.41) is 3.71. The molecule has 0 aliphatic carbocycles. The molecular formula is C21H21N3O2. The van der Waals surface area contributed by atoms with Crippen molar-refractivity contribution in [3.63, 3.8) is 0 Å². The monoisotopic (exact) mass is 347 g/mol. The zero-order valence-corrected chi connectivity index (χ0v) is 14.5. The number of benzene rings is 2. The van der Waals surface area contributed by atoms with Crippen molar-refractivity contribution in [3.05, 3.63) is 76.1 Å². The molecule has 2 heterocycles. The summed E-state index contributed by atoms with van der Waals surface area (Å²) in [7, 11) is 0. The molecule has 0 spiro atoms. The number of aromatic amines is 1. The van der Waals surface area contributed by atoms with Gasteiger partial charge in [-0.3, -0.25) is 9.59 Å². The standard InChI is InChI=1S/C21H21N3O2/c25-20-14-17(16-7-2-3-8-18(16)23-20)21(26)22-11-5-12-24-13-10-15-6-1-4-9-19(15)24/h1-4,6-9,14H,5,10-13H2,(H,22,26)(H,23,25). The molecule has 0 saturated heterocycles. The Hall–Kier alpha value is -3.08. The molecule has 0 unspecified atom stereocenters. The Morgan fingerprint density at radius 2 is 1.92 bits per heavy atom. The van der Waals surface area contributed by atoms with Crippen LogP contribution in [0, 0.1) is 0 Å². The summed E-state index contributed by atoms with van der Waals surface area (Å²) in [6.45, 7) is 2.53. The number of fused-ring (bicyclic) bond motifs is 2. The molecule has 4 rings (SSSR count). The Balaban J connectivity index is 1.38. The molecule has 1 aliphatic rings. The number of nitrogens with one attached hydrogen (secondary N) is 2. The molecule has 2 N–H and O–H groups in total. The number of pyridine rings is 1. The molecule has 5 heteroatoms. The van der Waals surface area contributed by atoms with Gasteiger partial charge < -0.3 is 15.2 Å². The summed E-state index contributed by atoms with van der Waals surface area (Å²) < 4.78 is 0. The Bertz CT molecular complexity index is 1010. The molecular weight excluding hydrogens is 326 g/mol. The molecule has 0 atom stereocenters. The molecule has 1 aromatic heterocycles. The van der Waals surface area contributed by atoms with Gasteiger partial charge in [0, 0.05) is 42.3 Å². The van der Waals surface area contributed by atoms with E-state index in [4.69, 9.17) is 0 Å². The van der Waals surface area contributed by atoms with Crippen LogP contribution in [0.2, 0.25) is 0 Å². The molecule has 0 fully saturated rings.